The lowest BCUT2D eigenvalue weighted by Gasteiger charge is -2.32. The van der Waals surface area contributed by atoms with Gasteiger partial charge in [-0.05, 0) is 69.0 Å². The van der Waals surface area contributed by atoms with Crippen LogP contribution in [0.5, 0.6) is 0 Å². The maximum atomic E-state index is 12.5. The summed E-state index contributed by atoms with van der Waals surface area (Å²) in [5.74, 6) is 0.526. The van der Waals surface area contributed by atoms with Crippen molar-refractivity contribution >= 4 is 29.0 Å². The Labute approximate surface area is 244 Å². The first kappa shape index (κ1) is 29.7. The molecular formula is C34H41N5O2. The van der Waals surface area contributed by atoms with E-state index in [2.05, 4.69) is 65.7 Å². The van der Waals surface area contributed by atoms with Crippen molar-refractivity contribution in [2.24, 2.45) is 4.99 Å². The van der Waals surface area contributed by atoms with Gasteiger partial charge in [-0.3, -0.25) is 15.2 Å². The fraction of sp³-hybridized carbons (Fsp3) is 0.324. The number of nitrogens with one attached hydrogen (secondary N) is 2. The highest BCUT2D eigenvalue weighted by molar-refractivity contribution is 6.46. The van der Waals surface area contributed by atoms with Gasteiger partial charge in [-0.15, -0.1) is 0 Å². The number of anilines is 2. The standard InChI is InChI=1S/C34H41N5O2/c1-6-25-21-30(39(23-26-13-9-7-10-14-26)24-27-15-11-8-12-16-27)31(35)32(36-22-25)37-28-17-19-29(20-18-28)38(5)33(40)41-34(2,3)4/h7-20,22,30,35H,6,21,23-24H2,1-5H3,(H,36,37). The fourth-order valence-corrected chi connectivity index (χ4v) is 4.69. The van der Waals surface area contributed by atoms with Gasteiger partial charge in [0, 0.05) is 37.7 Å². The second kappa shape index (κ2) is 13.4. The first-order valence-corrected chi connectivity index (χ1v) is 14.1. The summed E-state index contributed by atoms with van der Waals surface area (Å²) in [6.07, 6.45) is 3.11. The molecule has 7 heteroatoms. The van der Waals surface area contributed by atoms with Gasteiger partial charge < -0.3 is 10.1 Å². The molecule has 3 aromatic carbocycles. The molecule has 2 N–H and O–H groups in total. The maximum Gasteiger partial charge on any atom is 0.414 e. The zero-order valence-electron chi connectivity index (χ0n) is 24.7. The number of nitrogens with zero attached hydrogens (tertiary/aromatic N) is 3. The zero-order valence-corrected chi connectivity index (χ0v) is 24.7. The number of carbonyl (C=O) groups excluding carboxylic acids is 1. The Morgan fingerprint density at radius 1 is 0.951 bits per heavy atom. The molecule has 0 fully saturated rings. The molecular weight excluding hydrogens is 510 g/mol. The quantitative estimate of drug-likeness (QED) is 0.301. The Hall–Kier alpha value is -4.23. The minimum Gasteiger partial charge on any atom is -0.443 e. The van der Waals surface area contributed by atoms with Crippen LogP contribution in [0.4, 0.5) is 16.2 Å². The molecule has 0 saturated heterocycles. The van der Waals surface area contributed by atoms with Gasteiger partial charge in [-0.2, -0.15) is 0 Å². The number of benzene rings is 3. The lowest BCUT2D eigenvalue weighted by atomic mass is 9.98. The number of amidine groups is 1. The normalized spacial score (nSPS) is 15.6. The van der Waals surface area contributed by atoms with Crippen LogP contribution in [0.2, 0.25) is 0 Å². The molecule has 41 heavy (non-hydrogen) atoms. The summed E-state index contributed by atoms with van der Waals surface area (Å²) in [4.78, 5) is 21.1. The van der Waals surface area contributed by atoms with E-state index in [1.807, 2.05) is 63.4 Å². The van der Waals surface area contributed by atoms with Crippen molar-refractivity contribution in [1.82, 2.24) is 4.90 Å². The van der Waals surface area contributed by atoms with E-state index in [1.54, 1.807) is 7.05 Å². The predicted octanol–water partition coefficient (Wildman–Crippen LogP) is 7.66. The third-order valence-corrected chi connectivity index (χ3v) is 6.96. The average molecular weight is 552 g/mol. The topological polar surface area (TPSA) is 81.0 Å². The number of aliphatic imine (C=N–C) groups is 1. The van der Waals surface area contributed by atoms with Crippen LogP contribution in [0.3, 0.4) is 0 Å². The van der Waals surface area contributed by atoms with Crippen LogP contribution in [-0.2, 0) is 17.8 Å². The van der Waals surface area contributed by atoms with E-state index in [0.717, 1.165) is 31.6 Å². The molecule has 1 heterocycles. The monoisotopic (exact) mass is 551 g/mol. The average Bonchev–Trinajstić information content (AvgIpc) is 3.11. The minimum absolute atomic E-state index is 0.159. The van der Waals surface area contributed by atoms with E-state index in [1.165, 1.54) is 21.6 Å². The minimum atomic E-state index is -0.568. The van der Waals surface area contributed by atoms with Crippen LogP contribution in [0.15, 0.2) is 102 Å². The van der Waals surface area contributed by atoms with E-state index in [9.17, 15) is 10.2 Å². The van der Waals surface area contributed by atoms with Gasteiger partial charge in [-0.1, -0.05) is 73.2 Å². The van der Waals surface area contributed by atoms with Gasteiger partial charge in [0.1, 0.15) is 5.60 Å². The number of amides is 1. The van der Waals surface area contributed by atoms with E-state index in [0.29, 0.717) is 17.2 Å². The van der Waals surface area contributed by atoms with Crippen molar-refractivity contribution in [1.29, 1.82) is 5.41 Å². The highest BCUT2D eigenvalue weighted by atomic mass is 16.6. The van der Waals surface area contributed by atoms with Crippen LogP contribution in [-0.4, -0.2) is 41.2 Å². The van der Waals surface area contributed by atoms with Crippen LogP contribution in [0, 0.1) is 5.41 Å². The first-order chi connectivity index (χ1) is 19.6. The first-order valence-electron chi connectivity index (χ1n) is 14.1. The van der Waals surface area contributed by atoms with Crippen molar-refractivity contribution in [3.05, 3.63) is 108 Å². The molecule has 1 unspecified atom stereocenters. The molecule has 0 bridgehead atoms. The summed E-state index contributed by atoms with van der Waals surface area (Å²) < 4.78 is 5.49. The van der Waals surface area contributed by atoms with Crippen molar-refractivity contribution in [3.8, 4) is 0 Å². The number of ether oxygens (including phenoxy) is 1. The largest absolute Gasteiger partial charge is 0.443 e. The summed E-state index contributed by atoms with van der Waals surface area (Å²) >= 11 is 0. The van der Waals surface area contributed by atoms with E-state index in [-0.39, 0.29) is 6.04 Å². The molecule has 3 aromatic rings. The summed E-state index contributed by atoms with van der Waals surface area (Å²) in [6, 6.07) is 28.2. The van der Waals surface area contributed by atoms with Crippen LogP contribution < -0.4 is 10.2 Å². The maximum absolute atomic E-state index is 12.5. The van der Waals surface area contributed by atoms with Gasteiger partial charge >= 0.3 is 6.09 Å². The number of hydrogen-bond donors (Lipinski definition) is 2. The molecule has 1 atom stereocenters. The van der Waals surface area contributed by atoms with Gasteiger partial charge in [0.2, 0.25) is 0 Å². The van der Waals surface area contributed by atoms with E-state index >= 15 is 0 Å². The summed E-state index contributed by atoms with van der Waals surface area (Å²) in [7, 11) is 1.69. The Kier molecular flexibility index (Phi) is 9.73. The van der Waals surface area contributed by atoms with Gasteiger partial charge in [0.15, 0.2) is 5.84 Å². The van der Waals surface area contributed by atoms with Crippen molar-refractivity contribution < 1.29 is 9.53 Å². The van der Waals surface area contributed by atoms with Crippen molar-refractivity contribution in [2.45, 2.75) is 65.3 Å². The van der Waals surface area contributed by atoms with Gasteiger partial charge in [0.05, 0.1) is 11.8 Å². The third-order valence-electron chi connectivity index (χ3n) is 6.96. The molecule has 1 aliphatic heterocycles. The molecule has 1 amide bonds. The highest BCUT2D eigenvalue weighted by Crippen LogP contribution is 2.25. The van der Waals surface area contributed by atoms with Gasteiger partial charge in [-0.25, -0.2) is 9.79 Å². The molecule has 214 valence electrons. The third kappa shape index (κ3) is 8.38. The van der Waals surface area contributed by atoms with Crippen LogP contribution in [0.1, 0.15) is 51.7 Å². The van der Waals surface area contributed by atoms with Crippen molar-refractivity contribution in [3.63, 3.8) is 0 Å². The smallest absolute Gasteiger partial charge is 0.414 e. The number of hydrogen-bond acceptors (Lipinski definition) is 6. The van der Waals surface area contributed by atoms with E-state index < -0.39 is 11.7 Å². The summed E-state index contributed by atoms with van der Waals surface area (Å²) in [5.41, 5.74) is 5.01. The lowest BCUT2D eigenvalue weighted by Crippen LogP contribution is -2.44. The SMILES string of the molecule is CCC1=CN=C(Nc2ccc(N(C)C(=O)OC(C)(C)C)cc2)C(=N)C(N(Cc2ccccc2)Cc2ccccc2)C1. The Morgan fingerprint density at radius 2 is 1.51 bits per heavy atom. The Bertz CT molecular complexity index is 1330. The van der Waals surface area contributed by atoms with Crippen LogP contribution >= 0.6 is 0 Å². The number of rotatable bonds is 8. The summed E-state index contributed by atoms with van der Waals surface area (Å²) in [5, 5.41) is 12.7. The fourth-order valence-electron chi connectivity index (χ4n) is 4.69. The summed E-state index contributed by atoms with van der Waals surface area (Å²) in [6.45, 7) is 9.12. The van der Waals surface area contributed by atoms with E-state index in [4.69, 9.17) is 9.73 Å². The second-order valence-electron chi connectivity index (χ2n) is 11.3. The second-order valence-corrected chi connectivity index (χ2v) is 11.3. The predicted molar refractivity (Wildman–Crippen MR) is 169 cm³/mol. The zero-order chi connectivity index (χ0) is 29.4. The van der Waals surface area contributed by atoms with Crippen LogP contribution in [0.25, 0.3) is 0 Å². The molecule has 0 aliphatic carbocycles. The molecule has 1 aliphatic rings. The molecule has 0 aromatic heterocycles. The number of carbonyl (C=O) groups is 1. The van der Waals surface area contributed by atoms with Crippen molar-refractivity contribution in [2.75, 3.05) is 17.3 Å². The highest BCUT2D eigenvalue weighted by Gasteiger charge is 2.29. The molecule has 4 rings (SSSR count). The molecule has 7 nitrogen and oxygen atoms in total. The molecule has 0 saturated carbocycles. The Morgan fingerprint density at radius 3 is 2.02 bits per heavy atom. The molecule has 0 radical (unpaired) electrons. The van der Waals surface area contributed by atoms with Gasteiger partial charge in [0.25, 0.3) is 0 Å². The Balaban J connectivity index is 1.57. The lowest BCUT2D eigenvalue weighted by molar-refractivity contribution is 0.0589. The molecule has 0 spiro atoms.